The maximum Gasteiger partial charge on any atom is 0.309 e. The molecule has 7 nitrogen and oxygen atoms in total. The third-order valence-corrected chi connectivity index (χ3v) is 7.67. The first-order valence-electron chi connectivity index (χ1n) is 13.1. The normalized spacial score (nSPS) is 16.1. The van der Waals surface area contributed by atoms with Crippen LogP contribution in [0.1, 0.15) is 37.4 Å². The minimum atomic E-state index is -1.56. The van der Waals surface area contributed by atoms with E-state index in [1.165, 1.54) is 7.11 Å². The van der Waals surface area contributed by atoms with Gasteiger partial charge in [-0.1, -0.05) is 0 Å². The summed E-state index contributed by atoms with van der Waals surface area (Å²) in [4.78, 5) is 20.6. The van der Waals surface area contributed by atoms with Crippen molar-refractivity contribution in [3.63, 3.8) is 0 Å². The topological polar surface area (TPSA) is 75.1 Å². The Morgan fingerprint density at radius 1 is 1.12 bits per heavy atom. The van der Waals surface area contributed by atoms with Gasteiger partial charge in [-0.25, -0.2) is 17.6 Å². The van der Waals surface area contributed by atoms with Crippen LogP contribution in [0.25, 0.3) is 10.9 Å². The fourth-order valence-electron chi connectivity index (χ4n) is 5.23. The highest BCUT2D eigenvalue weighted by Crippen LogP contribution is 2.43. The Bertz CT molecular complexity index is 1340. The van der Waals surface area contributed by atoms with Crippen LogP contribution in [0.5, 0.6) is 11.5 Å². The zero-order valence-corrected chi connectivity index (χ0v) is 22.7. The number of rotatable bonds is 11. The third kappa shape index (κ3) is 6.24. The van der Waals surface area contributed by atoms with Gasteiger partial charge in [-0.2, -0.15) is 0 Å². The van der Waals surface area contributed by atoms with Crippen molar-refractivity contribution in [1.82, 2.24) is 9.88 Å². The summed E-state index contributed by atoms with van der Waals surface area (Å²) in [7, 11) is 5.15. The lowest BCUT2D eigenvalue weighted by Gasteiger charge is -2.39. The van der Waals surface area contributed by atoms with Crippen LogP contribution in [0.15, 0.2) is 36.5 Å². The van der Waals surface area contributed by atoms with Crippen molar-refractivity contribution < 1.29 is 36.9 Å². The van der Waals surface area contributed by atoms with Crippen molar-refractivity contribution in [1.29, 1.82) is 0 Å². The van der Waals surface area contributed by atoms with Crippen LogP contribution in [0.3, 0.4) is 0 Å². The van der Waals surface area contributed by atoms with Crippen molar-refractivity contribution in [2.24, 2.45) is 5.41 Å². The van der Waals surface area contributed by atoms with Gasteiger partial charge in [0.05, 0.1) is 29.9 Å². The molecule has 2 heterocycles. The van der Waals surface area contributed by atoms with Gasteiger partial charge < -0.3 is 19.5 Å². The Morgan fingerprint density at radius 3 is 2.40 bits per heavy atom. The molecule has 1 fully saturated rings. The standard InChI is InChI=1S/C29H33F4N3O4/c1-35(2)25-17-34-24-5-4-18(39-3)14-20(24)26(25)21(30)6-7-29(28(37)38)8-10-36(11-9-29)12-13-40-19-15-22(31)27(33)23(32)16-19/h4-5,14-17,21H,6-13H2,1-3H3,(H,37,38). The molecule has 1 aliphatic heterocycles. The van der Waals surface area contributed by atoms with E-state index in [0.717, 1.165) is 12.1 Å². The third-order valence-electron chi connectivity index (χ3n) is 7.67. The first-order valence-corrected chi connectivity index (χ1v) is 13.1. The van der Waals surface area contributed by atoms with Crippen molar-refractivity contribution in [2.45, 2.75) is 31.9 Å². The Balaban J connectivity index is 1.40. The number of halogens is 4. The molecular weight excluding hydrogens is 530 g/mol. The largest absolute Gasteiger partial charge is 0.497 e. The highest BCUT2D eigenvalue weighted by molar-refractivity contribution is 5.88. The van der Waals surface area contributed by atoms with Gasteiger partial charge in [0.25, 0.3) is 0 Å². The predicted octanol–water partition coefficient (Wildman–Crippen LogP) is 5.76. The summed E-state index contributed by atoms with van der Waals surface area (Å²) in [6, 6.07) is 6.84. The number of aromatic nitrogens is 1. The maximum atomic E-state index is 16.0. The number of carboxylic acid groups (broad SMARTS) is 1. The zero-order valence-electron chi connectivity index (χ0n) is 22.7. The van der Waals surface area contributed by atoms with E-state index >= 15 is 4.39 Å². The number of nitrogens with zero attached hydrogens (tertiary/aromatic N) is 3. The Kier molecular flexibility index (Phi) is 9.02. The van der Waals surface area contributed by atoms with Crippen LogP contribution >= 0.6 is 0 Å². The average molecular weight is 564 g/mol. The van der Waals surface area contributed by atoms with Gasteiger partial charge >= 0.3 is 5.97 Å². The quantitative estimate of drug-likeness (QED) is 0.235. The number of hydrogen-bond donors (Lipinski definition) is 1. The monoisotopic (exact) mass is 563 g/mol. The smallest absolute Gasteiger partial charge is 0.309 e. The van der Waals surface area contributed by atoms with E-state index in [2.05, 4.69) is 4.98 Å². The molecule has 216 valence electrons. The second-order valence-corrected chi connectivity index (χ2v) is 10.3. The van der Waals surface area contributed by atoms with Gasteiger partial charge in [-0.05, 0) is 57.0 Å². The molecule has 0 aliphatic carbocycles. The molecule has 1 saturated heterocycles. The molecule has 0 amide bonds. The van der Waals surface area contributed by atoms with Crippen molar-refractivity contribution in [3.05, 3.63) is 59.5 Å². The van der Waals surface area contributed by atoms with E-state index in [1.54, 1.807) is 43.4 Å². The highest BCUT2D eigenvalue weighted by atomic mass is 19.2. The molecule has 0 saturated carbocycles. The fraction of sp³-hybridized carbons (Fsp3) is 0.448. The number of methoxy groups -OCH3 is 1. The molecule has 1 aromatic heterocycles. The minimum Gasteiger partial charge on any atom is -0.497 e. The predicted molar refractivity (Wildman–Crippen MR) is 143 cm³/mol. The molecule has 2 aromatic carbocycles. The van der Waals surface area contributed by atoms with Gasteiger partial charge in [0, 0.05) is 43.7 Å². The molecule has 1 unspecified atom stereocenters. The van der Waals surface area contributed by atoms with Crippen molar-refractivity contribution in [3.8, 4) is 11.5 Å². The molecule has 1 atom stereocenters. The average Bonchev–Trinajstić information content (AvgIpc) is 2.94. The minimum absolute atomic E-state index is 0.0221. The van der Waals surface area contributed by atoms with Crippen LogP contribution in [0, 0.1) is 22.9 Å². The fourth-order valence-corrected chi connectivity index (χ4v) is 5.23. The van der Waals surface area contributed by atoms with E-state index in [4.69, 9.17) is 9.47 Å². The number of pyridine rings is 1. The summed E-state index contributed by atoms with van der Waals surface area (Å²) in [6.45, 7) is 1.36. The van der Waals surface area contributed by atoms with Gasteiger partial charge in [-0.15, -0.1) is 0 Å². The summed E-state index contributed by atoms with van der Waals surface area (Å²) in [5.41, 5.74) is 0.619. The molecular formula is C29H33F4N3O4. The number of fused-ring (bicyclic) bond motifs is 1. The lowest BCUT2D eigenvalue weighted by Crippen LogP contribution is -2.45. The molecule has 0 spiro atoms. The van der Waals surface area contributed by atoms with Gasteiger partial charge in [-0.3, -0.25) is 14.7 Å². The first kappa shape index (κ1) is 29.4. The Morgan fingerprint density at radius 2 is 1.80 bits per heavy atom. The summed E-state index contributed by atoms with van der Waals surface area (Å²) in [5.74, 6) is -4.73. The molecule has 0 radical (unpaired) electrons. The van der Waals surface area contributed by atoms with E-state index in [0.29, 0.717) is 60.4 Å². The number of benzene rings is 2. The number of likely N-dealkylation sites (tertiary alicyclic amines) is 1. The van der Waals surface area contributed by atoms with E-state index in [-0.39, 0.29) is 25.2 Å². The summed E-state index contributed by atoms with van der Waals surface area (Å²) in [6.07, 6.45) is 1.02. The SMILES string of the molecule is COc1ccc2ncc(N(C)C)c(C(F)CCC3(C(=O)O)CCN(CCOc4cc(F)c(F)c(F)c4)CC3)c2c1. The number of anilines is 1. The van der Waals surface area contributed by atoms with E-state index in [1.807, 2.05) is 4.90 Å². The molecule has 4 rings (SSSR count). The van der Waals surface area contributed by atoms with Crippen LogP contribution in [0.2, 0.25) is 0 Å². The second kappa shape index (κ2) is 12.3. The Labute approximate surface area is 230 Å². The molecule has 40 heavy (non-hydrogen) atoms. The van der Waals surface area contributed by atoms with Crippen LogP contribution in [0.4, 0.5) is 23.2 Å². The number of ether oxygens (including phenoxy) is 2. The number of piperidine rings is 1. The van der Waals surface area contributed by atoms with Gasteiger partial charge in [0.2, 0.25) is 0 Å². The second-order valence-electron chi connectivity index (χ2n) is 10.3. The van der Waals surface area contributed by atoms with Gasteiger partial charge in [0.1, 0.15) is 24.3 Å². The number of hydrogen-bond acceptors (Lipinski definition) is 6. The number of carboxylic acids is 1. The maximum absolute atomic E-state index is 16.0. The zero-order chi connectivity index (χ0) is 29.0. The number of aliphatic carboxylic acids is 1. The molecule has 3 aromatic rings. The molecule has 11 heteroatoms. The van der Waals surface area contributed by atoms with Gasteiger partial charge in [0.15, 0.2) is 17.5 Å². The molecule has 0 bridgehead atoms. The Hall–Kier alpha value is -3.60. The first-order chi connectivity index (χ1) is 19.0. The summed E-state index contributed by atoms with van der Waals surface area (Å²) >= 11 is 0. The number of carbonyl (C=O) groups is 1. The van der Waals surface area contributed by atoms with Crippen LogP contribution < -0.4 is 14.4 Å². The lowest BCUT2D eigenvalue weighted by atomic mass is 9.74. The molecule has 1 N–H and O–H groups in total. The van der Waals surface area contributed by atoms with Crippen LogP contribution in [-0.2, 0) is 4.79 Å². The highest BCUT2D eigenvalue weighted by Gasteiger charge is 2.42. The van der Waals surface area contributed by atoms with Crippen molar-refractivity contribution >= 4 is 22.6 Å². The number of alkyl halides is 1. The summed E-state index contributed by atoms with van der Waals surface area (Å²) in [5, 5.41) is 10.8. The summed E-state index contributed by atoms with van der Waals surface area (Å²) < 4.78 is 66.6. The lowest BCUT2D eigenvalue weighted by molar-refractivity contribution is -0.153. The molecule has 1 aliphatic rings. The van der Waals surface area contributed by atoms with E-state index in [9.17, 15) is 23.1 Å². The van der Waals surface area contributed by atoms with Crippen molar-refractivity contribution in [2.75, 3.05) is 52.3 Å². The van der Waals surface area contributed by atoms with Crippen LogP contribution in [-0.4, -0.2) is 68.4 Å². The van der Waals surface area contributed by atoms with E-state index < -0.39 is 35.0 Å².